The number of rotatable bonds is 0. The molecule has 1 nitrogen and oxygen atoms in total. The molecule has 1 heterocycles. The maximum absolute atomic E-state index is 5.07. The van der Waals surface area contributed by atoms with E-state index in [-0.39, 0.29) is 0 Å². The zero-order valence-electron chi connectivity index (χ0n) is 13.1. The highest BCUT2D eigenvalue weighted by Crippen LogP contribution is 2.28. The molecule has 22 heavy (non-hydrogen) atoms. The van der Waals surface area contributed by atoms with Crippen LogP contribution in [-0.2, 0) is 6.42 Å². The zero-order chi connectivity index (χ0) is 15.1. The van der Waals surface area contributed by atoms with Crippen LogP contribution < -0.4 is 10.4 Å². The minimum atomic E-state index is 1.11. The topological polar surface area (TPSA) is 12.9 Å². The summed E-state index contributed by atoms with van der Waals surface area (Å²) in [5, 5.41) is 4.93. The molecule has 3 aromatic rings. The molecule has 0 radical (unpaired) electrons. The summed E-state index contributed by atoms with van der Waals surface area (Å²) in [7, 11) is 0. The molecular formula is C21H19N. The lowest BCUT2D eigenvalue weighted by molar-refractivity contribution is 0.988. The molecule has 0 saturated heterocycles. The van der Waals surface area contributed by atoms with Crippen LogP contribution in [0.2, 0.25) is 0 Å². The minimum Gasteiger partial charge on any atom is -0.247 e. The van der Waals surface area contributed by atoms with Crippen LogP contribution in [0.15, 0.2) is 36.4 Å². The summed E-state index contributed by atoms with van der Waals surface area (Å²) in [5.41, 5.74) is 4.97. The van der Waals surface area contributed by atoms with Crippen LogP contribution in [0.3, 0.4) is 0 Å². The molecule has 0 aliphatic heterocycles. The first-order valence-electron chi connectivity index (χ1n) is 7.96. The highest BCUT2D eigenvalue weighted by molar-refractivity contribution is 5.97. The molecule has 4 rings (SSSR count). The first kappa shape index (κ1) is 13.3. The minimum absolute atomic E-state index is 1.11. The fourth-order valence-electron chi connectivity index (χ4n) is 3.47. The van der Waals surface area contributed by atoms with E-state index in [9.17, 15) is 0 Å². The Morgan fingerprint density at radius 1 is 0.955 bits per heavy atom. The summed E-state index contributed by atoms with van der Waals surface area (Å²) >= 11 is 0. The molecule has 1 aliphatic rings. The second kappa shape index (κ2) is 5.10. The van der Waals surface area contributed by atoms with Crippen molar-refractivity contribution in [3.05, 3.63) is 58.0 Å². The third-order valence-electron chi connectivity index (χ3n) is 4.62. The molecule has 1 aromatic heterocycles. The normalized spacial score (nSPS) is 15.7. The first-order chi connectivity index (χ1) is 10.8. The van der Waals surface area contributed by atoms with Crippen LogP contribution in [0.5, 0.6) is 0 Å². The van der Waals surface area contributed by atoms with Crippen LogP contribution in [0.4, 0.5) is 0 Å². The van der Waals surface area contributed by atoms with Crippen molar-refractivity contribution in [1.82, 2.24) is 4.98 Å². The van der Waals surface area contributed by atoms with E-state index in [0.29, 0.717) is 0 Å². The van der Waals surface area contributed by atoms with E-state index in [2.05, 4.69) is 68.5 Å². The van der Waals surface area contributed by atoms with Crippen LogP contribution in [-0.4, -0.2) is 4.98 Å². The molecular weight excluding hydrogens is 266 g/mol. The van der Waals surface area contributed by atoms with Gasteiger partial charge in [-0.05, 0) is 43.5 Å². The van der Waals surface area contributed by atoms with Gasteiger partial charge in [0.25, 0.3) is 0 Å². The summed E-state index contributed by atoms with van der Waals surface area (Å²) in [6.45, 7) is 4.17. The van der Waals surface area contributed by atoms with Crippen molar-refractivity contribution in [1.29, 1.82) is 0 Å². The quantitative estimate of drug-likeness (QED) is 0.570. The summed E-state index contributed by atoms with van der Waals surface area (Å²) in [6, 6.07) is 11.1. The Labute approximate surface area is 130 Å². The SMILES string of the molecule is C/C=c1/ccc2cc3ccc4c(c3nc2/c1=C/C)C=CCC4. The summed E-state index contributed by atoms with van der Waals surface area (Å²) in [6.07, 6.45) is 11.1. The van der Waals surface area contributed by atoms with Gasteiger partial charge >= 0.3 is 0 Å². The molecule has 1 heteroatoms. The maximum atomic E-state index is 5.07. The lowest BCUT2D eigenvalue weighted by Crippen LogP contribution is -2.25. The van der Waals surface area contributed by atoms with Crippen LogP contribution in [0, 0.1) is 0 Å². The zero-order valence-corrected chi connectivity index (χ0v) is 13.1. The van der Waals surface area contributed by atoms with Crippen molar-refractivity contribution >= 4 is 40.0 Å². The molecule has 0 N–H and O–H groups in total. The van der Waals surface area contributed by atoms with Gasteiger partial charge in [0.1, 0.15) is 0 Å². The van der Waals surface area contributed by atoms with E-state index in [0.717, 1.165) is 23.9 Å². The van der Waals surface area contributed by atoms with Crippen molar-refractivity contribution in [3.63, 3.8) is 0 Å². The van der Waals surface area contributed by atoms with Crippen molar-refractivity contribution in [2.45, 2.75) is 26.7 Å². The highest BCUT2D eigenvalue weighted by Gasteiger charge is 2.11. The number of pyridine rings is 1. The maximum Gasteiger partial charge on any atom is 0.0784 e. The fourth-order valence-corrected chi connectivity index (χ4v) is 3.47. The molecule has 2 aromatic carbocycles. The molecule has 0 unspecified atom stereocenters. The number of benzene rings is 2. The van der Waals surface area contributed by atoms with Crippen molar-refractivity contribution in [2.75, 3.05) is 0 Å². The van der Waals surface area contributed by atoms with Crippen molar-refractivity contribution < 1.29 is 0 Å². The fraction of sp³-hybridized carbons (Fsp3) is 0.190. The lowest BCUT2D eigenvalue weighted by Gasteiger charge is -2.13. The average Bonchev–Trinajstić information content (AvgIpc) is 2.58. The Bertz CT molecular complexity index is 1040. The van der Waals surface area contributed by atoms with Gasteiger partial charge in [-0.1, -0.05) is 48.6 Å². The van der Waals surface area contributed by atoms with Gasteiger partial charge in [-0.3, -0.25) is 0 Å². The second-order valence-corrected chi connectivity index (χ2v) is 5.86. The predicted octanol–water partition coefficient (Wildman–Crippen LogP) is 3.95. The third kappa shape index (κ3) is 1.89. The molecule has 0 amide bonds. The molecule has 0 saturated carbocycles. The molecule has 0 fully saturated rings. The molecule has 0 spiro atoms. The van der Waals surface area contributed by atoms with Gasteiger partial charge in [0, 0.05) is 21.6 Å². The van der Waals surface area contributed by atoms with Gasteiger partial charge in [-0.15, -0.1) is 0 Å². The summed E-state index contributed by atoms with van der Waals surface area (Å²) in [4.78, 5) is 5.07. The Balaban J connectivity index is 2.22. The lowest BCUT2D eigenvalue weighted by atomic mass is 9.94. The van der Waals surface area contributed by atoms with Crippen LogP contribution in [0.1, 0.15) is 31.4 Å². The van der Waals surface area contributed by atoms with E-state index < -0.39 is 0 Å². The highest BCUT2D eigenvalue weighted by atomic mass is 14.7. The number of hydrogen-bond acceptors (Lipinski definition) is 1. The molecule has 1 aliphatic carbocycles. The largest absolute Gasteiger partial charge is 0.247 e. The molecule has 0 bridgehead atoms. The van der Waals surface area contributed by atoms with Crippen LogP contribution in [0.25, 0.3) is 40.0 Å². The van der Waals surface area contributed by atoms with Gasteiger partial charge in [-0.25, -0.2) is 4.98 Å². The van der Waals surface area contributed by atoms with Crippen molar-refractivity contribution in [3.8, 4) is 0 Å². The molecule has 0 atom stereocenters. The first-order valence-corrected chi connectivity index (χ1v) is 7.96. The number of fused-ring (bicyclic) bond motifs is 4. The van der Waals surface area contributed by atoms with E-state index in [1.807, 2.05) is 0 Å². The second-order valence-electron chi connectivity index (χ2n) is 5.86. The number of aromatic nitrogens is 1. The van der Waals surface area contributed by atoms with E-state index in [1.54, 1.807) is 0 Å². The van der Waals surface area contributed by atoms with E-state index in [1.165, 1.54) is 32.3 Å². The third-order valence-corrected chi connectivity index (χ3v) is 4.62. The molecule has 108 valence electrons. The Kier molecular flexibility index (Phi) is 3.07. The van der Waals surface area contributed by atoms with E-state index >= 15 is 0 Å². The van der Waals surface area contributed by atoms with Crippen LogP contribution >= 0.6 is 0 Å². The van der Waals surface area contributed by atoms with Gasteiger partial charge in [0.2, 0.25) is 0 Å². The van der Waals surface area contributed by atoms with Gasteiger partial charge < -0.3 is 0 Å². The van der Waals surface area contributed by atoms with Gasteiger partial charge in [0.15, 0.2) is 0 Å². The number of aryl methyl sites for hydroxylation is 1. The Morgan fingerprint density at radius 2 is 1.77 bits per heavy atom. The van der Waals surface area contributed by atoms with Gasteiger partial charge in [0.05, 0.1) is 11.0 Å². The summed E-state index contributed by atoms with van der Waals surface area (Å²) < 4.78 is 0. The smallest absolute Gasteiger partial charge is 0.0784 e. The Hall–Kier alpha value is -2.41. The monoisotopic (exact) mass is 285 g/mol. The number of hydrogen-bond donors (Lipinski definition) is 0. The number of nitrogens with zero attached hydrogens (tertiary/aromatic N) is 1. The predicted molar refractivity (Wildman–Crippen MR) is 96.1 cm³/mol. The summed E-state index contributed by atoms with van der Waals surface area (Å²) in [5.74, 6) is 0. The van der Waals surface area contributed by atoms with Gasteiger partial charge in [-0.2, -0.15) is 0 Å². The Morgan fingerprint density at radius 3 is 2.59 bits per heavy atom. The van der Waals surface area contributed by atoms with E-state index in [4.69, 9.17) is 4.98 Å². The van der Waals surface area contributed by atoms with Crippen molar-refractivity contribution in [2.24, 2.45) is 0 Å². The standard InChI is InChI=1S/C21H19N/c1-3-14-9-11-16-13-17-12-10-15-7-5-6-8-19(15)21(17)22-20(16)18(14)4-2/h3-4,6,8-13H,5,7H2,1-2H3/b14-3-,18-4+. The average molecular weight is 285 g/mol. The number of allylic oxidation sites excluding steroid dienone is 1.